The number of rotatable bonds is 7. The summed E-state index contributed by atoms with van der Waals surface area (Å²) in [7, 11) is -5.91. The van der Waals surface area contributed by atoms with Gasteiger partial charge >= 0.3 is 17.3 Å². The SMILES string of the molecule is C.C=C(C)C(=O)OCCNC(=O)OCC(F)(F)S(=O)(=O)[O-]. The molecule has 11 heteroatoms. The van der Waals surface area contributed by atoms with Gasteiger partial charge in [-0.3, -0.25) is 0 Å². The summed E-state index contributed by atoms with van der Waals surface area (Å²) in [5.41, 5.74) is 0.132. The van der Waals surface area contributed by atoms with E-state index in [1.165, 1.54) is 6.92 Å². The highest BCUT2D eigenvalue weighted by molar-refractivity contribution is 7.86. The molecule has 8 nitrogen and oxygen atoms in total. The first kappa shape index (κ1) is 21.5. The van der Waals surface area contributed by atoms with Crippen LogP contribution in [0.2, 0.25) is 0 Å². The third-order valence-electron chi connectivity index (χ3n) is 1.69. The van der Waals surface area contributed by atoms with Crippen molar-refractivity contribution in [3.8, 4) is 0 Å². The lowest BCUT2D eigenvalue weighted by Crippen LogP contribution is -2.37. The number of alkyl carbamates (subject to hydrolysis) is 1. The van der Waals surface area contributed by atoms with E-state index in [-0.39, 0.29) is 26.2 Å². The molecular formula is C10H16F2NO7S-. The Morgan fingerprint density at radius 1 is 1.33 bits per heavy atom. The van der Waals surface area contributed by atoms with Gasteiger partial charge in [0.2, 0.25) is 0 Å². The molecule has 0 bridgehead atoms. The molecule has 0 aromatic heterocycles. The van der Waals surface area contributed by atoms with Crippen LogP contribution in [0.25, 0.3) is 0 Å². The highest BCUT2D eigenvalue weighted by atomic mass is 32.2. The molecule has 1 amide bonds. The van der Waals surface area contributed by atoms with Crippen LogP contribution >= 0.6 is 0 Å². The maximum Gasteiger partial charge on any atom is 0.407 e. The molecule has 1 N–H and O–H groups in total. The van der Waals surface area contributed by atoms with Gasteiger partial charge in [-0.25, -0.2) is 18.0 Å². The molecule has 0 heterocycles. The lowest BCUT2D eigenvalue weighted by atomic mass is 10.4. The fraction of sp³-hybridized carbons (Fsp3) is 0.600. The lowest BCUT2D eigenvalue weighted by molar-refractivity contribution is -0.138. The number of hydrogen-bond donors (Lipinski definition) is 1. The van der Waals surface area contributed by atoms with Crippen molar-refractivity contribution in [2.45, 2.75) is 19.6 Å². The van der Waals surface area contributed by atoms with E-state index in [0.717, 1.165) is 0 Å². The second-order valence-corrected chi connectivity index (χ2v) is 5.02. The Morgan fingerprint density at radius 3 is 2.29 bits per heavy atom. The molecule has 0 atom stereocenters. The Labute approximate surface area is 120 Å². The van der Waals surface area contributed by atoms with Gasteiger partial charge in [-0.1, -0.05) is 14.0 Å². The lowest BCUT2D eigenvalue weighted by Gasteiger charge is -2.19. The molecule has 21 heavy (non-hydrogen) atoms. The van der Waals surface area contributed by atoms with E-state index in [9.17, 15) is 31.3 Å². The molecule has 0 spiro atoms. The fourth-order valence-corrected chi connectivity index (χ4v) is 0.896. The molecule has 124 valence electrons. The first-order valence-corrected chi connectivity index (χ1v) is 6.44. The van der Waals surface area contributed by atoms with E-state index in [2.05, 4.69) is 16.1 Å². The standard InChI is InChI=1S/C9H13F2NO7S.CH4/c1-6(2)7(13)18-4-3-12-8(14)19-5-9(10,11)20(15,16)17;/h1,3-5H2,2H3,(H,12,14)(H,15,16,17);1H4/p-1. The summed E-state index contributed by atoms with van der Waals surface area (Å²) < 4.78 is 63.8. The number of ether oxygens (including phenoxy) is 2. The molecule has 0 aliphatic carbocycles. The molecule has 0 aromatic rings. The summed E-state index contributed by atoms with van der Waals surface area (Å²) in [4.78, 5) is 21.8. The van der Waals surface area contributed by atoms with Crippen LogP contribution in [0.15, 0.2) is 12.2 Å². The molecule has 0 fully saturated rings. The number of carbonyl (C=O) groups is 2. The molecule has 0 aromatic carbocycles. The Hall–Kier alpha value is -1.75. The van der Waals surface area contributed by atoms with Crippen molar-refractivity contribution in [1.82, 2.24) is 5.32 Å². The van der Waals surface area contributed by atoms with Crippen molar-refractivity contribution in [2.24, 2.45) is 0 Å². The summed E-state index contributed by atoms with van der Waals surface area (Å²) in [6.07, 6.45) is -1.39. The molecule has 0 saturated carbocycles. The number of esters is 1. The predicted octanol–water partition coefficient (Wildman–Crippen LogP) is 0.606. The summed E-state index contributed by atoms with van der Waals surface area (Å²) in [5, 5.41) is -2.81. The van der Waals surface area contributed by atoms with Crippen molar-refractivity contribution >= 4 is 22.2 Å². The average molecular weight is 332 g/mol. The van der Waals surface area contributed by atoms with E-state index in [0.29, 0.717) is 0 Å². The zero-order valence-electron chi connectivity index (χ0n) is 10.4. The highest BCUT2D eigenvalue weighted by Gasteiger charge is 2.39. The minimum atomic E-state index is -5.91. The van der Waals surface area contributed by atoms with Gasteiger partial charge in [-0.05, 0) is 6.92 Å². The van der Waals surface area contributed by atoms with Crippen molar-refractivity contribution in [2.75, 3.05) is 19.8 Å². The van der Waals surface area contributed by atoms with E-state index in [4.69, 9.17) is 0 Å². The first-order chi connectivity index (χ1) is 8.97. The smallest absolute Gasteiger partial charge is 0.407 e. The van der Waals surface area contributed by atoms with Crippen LogP contribution in [0.1, 0.15) is 14.4 Å². The van der Waals surface area contributed by atoms with Crippen molar-refractivity contribution in [1.29, 1.82) is 0 Å². The van der Waals surface area contributed by atoms with Gasteiger partial charge in [0.25, 0.3) is 0 Å². The van der Waals surface area contributed by atoms with Gasteiger partial charge in [-0.15, -0.1) is 0 Å². The highest BCUT2D eigenvalue weighted by Crippen LogP contribution is 2.20. The Balaban J connectivity index is 0. The second kappa shape index (κ2) is 8.52. The molecule has 0 aliphatic heterocycles. The van der Waals surface area contributed by atoms with Gasteiger partial charge in [0.1, 0.15) is 6.61 Å². The maximum atomic E-state index is 12.6. The van der Waals surface area contributed by atoms with Gasteiger partial charge in [0.05, 0.1) is 6.54 Å². The van der Waals surface area contributed by atoms with Crippen LogP contribution in [0, 0.1) is 0 Å². The van der Waals surface area contributed by atoms with E-state index >= 15 is 0 Å². The topological polar surface area (TPSA) is 122 Å². The minimum Gasteiger partial charge on any atom is -0.743 e. The van der Waals surface area contributed by atoms with E-state index in [1.54, 1.807) is 0 Å². The molecular weight excluding hydrogens is 316 g/mol. The Kier molecular flexibility index (Phi) is 8.74. The molecule has 0 radical (unpaired) electrons. The summed E-state index contributed by atoms with van der Waals surface area (Å²) in [5.74, 6) is -0.704. The van der Waals surface area contributed by atoms with Crippen LogP contribution < -0.4 is 5.32 Å². The number of alkyl halides is 2. The maximum absolute atomic E-state index is 12.6. The number of hydrogen-bond acceptors (Lipinski definition) is 7. The van der Waals surface area contributed by atoms with Crippen molar-refractivity contribution in [3.63, 3.8) is 0 Å². The Bertz CT molecular complexity index is 490. The van der Waals surface area contributed by atoms with Crippen LogP contribution in [0.4, 0.5) is 13.6 Å². The van der Waals surface area contributed by atoms with Crippen molar-refractivity contribution in [3.05, 3.63) is 12.2 Å². The zero-order valence-corrected chi connectivity index (χ0v) is 11.2. The van der Waals surface area contributed by atoms with Crippen molar-refractivity contribution < 1.29 is 40.8 Å². The fourth-order valence-electron chi connectivity index (χ4n) is 0.693. The number of halogens is 2. The van der Waals surface area contributed by atoms with Crippen LogP contribution in [-0.4, -0.2) is 50.0 Å². The van der Waals surface area contributed by atoms with Gasteiger partial charge in [0.15, 0.2) is 16.7 Å². The van der Waals surface area contributed by atoms with Gasteiger partial charge in [-0.2, -0.15) is 8.78 Å². The third kappa shape index (κ3) is 8.19. The normalized spacial score (nSPS) is 11.0. The average Bonchev–Trinajstić information content (AvgIpc) is 2.30. The Morgan fingerprint density at radius 2 is 1.86 bits per heavy atom. The number of nitrogens with one attached hydrogen (secondary N) is 1. The molecule has 0 aliphatic rings. The first-order valence-electron chi connectivity index (χ1n) is 5.04. The number of amides is 1. The van der Waals surface area contributed by atoms with Gasteiger partial charge in [0, 0.05) is 5.57 Å². The van der Waals surface area contributed by atoms with Gasteiger partial charge < -0.3 is 19.3 Å². The summed E-state index contributed by atoms with van der Waals surface area (Å²) in [6.45, 7) is 2.26. The third-order valence-corrected chi connectivity index (χ3v) is 2.54. The summed E-state index contributed by atoms with van der Waals surface area (Å²) in [6, 6.07) is 0. The largest absolute Gasteiger partial charge is 0.743 e. The molecule has 0 rings (SSSR count). The summed E-state index contributed by atoms with van der Waals surface area (Å²) >= 11 is 0. The predicted molar refractivity (Wildman–Crippen MR) is 66.5 cm³/mol. The zero-order chi connectivity index (χ0) is 16.0. The van der Waals surface area contributed by atoms with Crippen LogP contribution in [0.3, 0.4) is 0 Å². The quantitative estimate of drug-likeness (QED) is 0.313. The molecule has 0 unspecified atom stereocenters. The van der Waals surface area contributed by atoms with E-state index in [1.807, 2.05) is 5.32 Å². The molecule has 0 saturated heterocycles. The monoisotopic (exact) mass is 332 g/mol. The van der Waals surface area contributed by atoms with E-state index < -0.39 is 34.0 Å². The minimum absolute atomic E-state index is 0. The van der Waals surface area contributed by atoms with Crippen LogP contribution in [-0.2, 0) is 24.4 Å². The van der Waals surface area contributed by atoms with Crippen LogP contribution in [0.5, 0.6) is 0 Å². The number of carbonyl (C=O) groups excluding carboxylic acids is 2. The second-order valence-electron chi connectivity index (χ2n) is 3.51.